The van der Waals surface area contributed by atoms with Gasteiger partial charge in [0.15, 0.2) is 0 Å². The van der Waals surface area contributed by atoms with Gasteiger partial charge in [0.2, 0.25) is 0 Å². The third-order valence-corrected chi connectivity index (χ3v) is 6.30. The monoisotopic (exact) mass is 279 g/mol. The molecule has 0 amide bonds. The molecule has 1 N–H and O–H groups in total. The topological polar surface area (TPSA) is 49.8 Å². The first kappa shape index (κ1) is 13.1. The number of nitrogens with zero attached hydrogens (tertiary/aromatic N) is 1. The molecule has 0 aromatic rings. The lowest BCUT2D eigenvalue weighted by atomic mass is 9.44. The average molecular weight is 279 g/mol. The molecule has 0 radical (unpaired) electrons. The largest absolute Gasteiger partial charge is 0.481 e. The summed E-state index contributed by atoms with van der Waals surface area (Å²) in [5, 5.41) is 9.77. The number of hydrogen-bond donors (Lipinski definition) is 1. The van der Waals surface area contributed by atoms with Crippen LogP contribution in [-0.2, 0) is 9.53 Å². The fraction of sp³-hybridized carbons (Fsp3) is 0.938. The van der Waals surface area contributed by atoms with Crippen molar-refractivity contribution in [2.45, 2.75) is 38.5 Å². The van der Waals surface area contributed by atoms with Crippen LogP contribution in [0.4, 0.5) is 0 Å². The van der Waals surface area contributed by atoms with Crippen molar-refractivity contribution < 1.29 is 14.6 Å². The lowest BCUT2D eigenvalue weighted by Gasteiger charge is -2.61. The summed E-state index contributed by atoms with van der Waals surface area (Å²) in [5.41, 5.74) is -0.0871. The van der Waals surface area contributed by atoms with Crippen LogP contribution < -0.4 is 0 Å². The van der Waals surface area contributed by atoms with E-state index >= 15 is 0 Å². The van der Waals surface area contributed by atoms with E-state index < -0.39 is 5.97 Å². The molecule has 0 spiro atoms. The predicted molar refractivity (Wildman–Crippen MR) is 74.4 cm³/mol. The van der Waals surface area contributed by atoms with Crippen LogP contribution in [0.25, 0.3) is 0 Å². The Hall–Kier alpha value is -0.610. The first-order chi connectivity index (χ1) is 9.59. The van der Waals surface area contributed by atoms with Crippen LogP contribution in [0.15, 0.2) is 0 Å². The second kappa shape index (κ2) is 4.44. The molecule has 4 saturated carbocycles. The molecule has 112 valence electrons. The molecule has 0 aromatic carbocycles. The quantitative estimate of drug-likeness (QED) is 0.858. The smallest absolute Gasteiger partial charge is 0.309 e. The van der Waals surface area contributed by atoms with Crippen LogP contribution in [0.1, 0.15) is 38.5 Å². The fourth-order valence-electron chi connectivity index (χ4n) is 6.12. The van der Waals surface area contributed by atoms with Gasteiger partial charge in [-0.3, -0.25) is 9.69 Å². The molecule has 4 bridgehead atoms. The van der Waals surface area contributed by atoms with Crippen molar-refractivity contribution in [1.82, 2.24) is 4.90 Å². The van der Waals surface area contributed by atoms with E-state index in [-0.39, 0.29) is 5.41 Å². The van der Waals surface area contributed by atoms with Gasteiger partial charge in [0.05, 0.1) is 18.6 Å². The maximum absolute atomic E-state index is 11.9. The van der Waals surface area contributed by atoms with Crippen molar-refractivity contribution in [2.24, 2.45) is 22.7 Å². The van der Waals surface area contributed by atoms with Crippen molar-refractivity contribution in [2.75, 3.05) is 32.8 Å². The highest BCUT2D eigenvalue weighted by molar-refractivity contribution is 5.75. The molecule has 1 aliphatic heterocycles. The lowest BCUT2D eigenvalue weighted by Crippen LogP contribution is -2.58. The maximum atomic E-state index is 11.9. The minimum atomic E-state index is -0.516. The van der Waals surface area contributed by atoms with E-state index in [1.165, 1.54) is 19.3 Å². The number of rotatable bonds is 3. The first-order valence-electron chi connectivity index (χ1n) is 8.13. The molecule has 5 aliphatic rings. The minimum Gasteiger partial charge on any atom is -0.481 e. The molecule has 0 unspecified atom stereocenters. The number of carbonyl (C=O) groups is 1. The summed E-state index contributed by atoms with van der Waals surface area (Å²) in [6.45, 7) is 4.84. The number of ether oxygens (including phenoxy) is 1. The van der Waals surface area contributed by atoms with Crippen molar-refractivity contribution in [3.63, 3.8) is 0 Å². The normalized spacial score (nSPS) is 47.6. The summed E-state index contributed by atoms with van der Waals surface area (Å²) in [6, 6.07) is 0. The van der Waals surface area contributed by atoms with E-state index in [9.17, 15) is 9.90 Å². The van der Waals surface area contributed by atoms with Crippen LogP contribution in [-0.4, -0.2) is 48.8 Å². The number of hydrogen-bond acceptors (Lipinski definition) is 3. The van der Waals surface area contributed by atoms with E-state index in [1.807, 2.05) is 0 Å². The third kappa shape index (κ3) is 2.00. The SMILES string of the molecule is O=C(O)C12C[C@H]3C[C@@H](CC(CN4CCOCC4)(C3)C1)C2. The average Bonchev–Trinajstić information content (AvgIpc) is 2.37. The second-order valence-electron chi connectivity index (χ2n) is 7.94. The van der Waals surface area contributed by atoms with Gasteiger partial charge in [-0.15, -0.1) is 0 Å². The van der Waals surface area contributed by atoms with Gasteiger partial charge < -0.3 is 9.84 Å². The highest BCUT2D eigenvalue weighted by Gasteiger charge is 2.60. The number of aliphatic carboxylic acids is 1. The molecule has 20 heavy (non-hydrogen) atoms. The van der Waals surface area contributed by atoms with Gasteiger partial charge in [-0.2, -0.15) is 0 Å². The Morgan fingerprint density at radius 2 is 1.80 bits per heavy atom. The zero-order valence-corrected chi connectivity index (χ0v) is 12.1. The van der Waals surface area contributed by atoms with E-state index in [0.29, 0.717) is 17.3 Å². The highest BCUT2D eigenvalue weighted by atomic mass is 16.5. The Morgan fingerprint density at radius 1 is 1.15 bits per heavy atom. The molecule has 4 aliphatic carbocycles. The van der Waals surface area contributed by atoms with Gasteiger partial charge in [0.1, 0.15) is 0 Å². The highest BCUT2D eigenvalue weighted by Crippen LogP contribution is 2.65. The maximum Gasteiger partial charge on any atom is 0.309 e. The molecule has 0 aromatic heterocycles. The number of carboxylic acids is 1. The number of morpholine rings is 1. The summed E-state index contributed by atoms with van der Waals surface area (Å²) >= 11 is 0. The predicted octanol–water partition coefficient (Wildman–Crippen LogP) is 1.99. The summed E-state index contributed by atoms with van der Waals surface area (Å²) in [4.78, 5) is 14.4. The zero-order chi connectivity index (χ0) is 13.8. The van der Waals surface area contributed by atoms with Crippen LogP contribution in [0.3, 0.4) is 0 Å². The van der Waals surface area contributed by atoms with Crippen molar-refractivity contribution in [3.05, 3.63) is 0 Å². The lowest BCUT2D eigenvalue weighted by molar-refractivity contribution is -0.177. The van der Waals surface area contributed by atoms with Gasteiger partial charge in [0, 0.05) is 19.6 Å². The Labute approximate surface area is 120 Å². The van der Waals surface area contributed by atoms with Crippen molar-refractivity contribution in [1.29, 1.82) is 0 Å². The van der Waals surface area contributed by atoms with Gasteiger partial charge >= 0.3 is 5.97 Å². The molecule has 5 fully saturated rings. The van der Waals surface area contributed by atoms with Crippen LogP contribution in [0, 0.1) is 22.7 Å². The molecule has 4 nitrogen and oxygen atoms in total. The van der Waals surface area contributed by atoms with Crippen LogP contribution in [0.2, 0.25) is 0 Å². The summed E-state index contributed by atoms with van der Waals surface area (Å²) in [6.07, 6.45) is 6.67. The zero-order valence-electron chi connectivity index (χ0n) is 12.1. The standard InChI is InChI=1S/C16H25NO3/c18-14(19)16-8-12-5-13(9-16)7-15(6-12,10-16)11-17-1-3-20-4-2-17/h12-13H,1-11H2,(H,18,19)/t12-,13-,15?,16?/m0/s1. The molecule has 1 heterocycles. The van der Waals surface area contributed by atoms with E-state index in [0.717, 1.165) is 52.1 Å². The van der Waals surface area contributed by atoms with Crippen molar-refractivity contribution in [3.8, 4) is 0 Å². The summed E-state index contributed by atoms with van der Waals surface area (Å²) in [7, 11) is 0. The Kier molecular flexibility index (Phi) is 2.90. The molecular weight excluding hydrogens is 254 g/mol. The number of carboxylic acid groups (broad SMARTS) is 1. The molecule has 1 saturated heterocycles. The minimum absolute atomic E-state index is 0.291. The van der Waals surface area contributed by atoms with Gasteiger partial charge in [0.25, 0.3) is 0 Å². The molecular formula is C16H25NO3. The van der Waals surface area contributed by atoms with E-state index in [1.54, 1.807) is 0 Å². The van der Waals surface area contributed by atoms with E-state index in [4.69, 9.17) is 4.74 Å². The summed E-state index contributed by atoms with van der Waals surface area (Å²) < 4.78 is 5.44. The molecule has 4 heteroatoms. The Balaban J connectivity index is 1.56. The van der Waals surface area contributed by atoms with E-state index in [2.05, 4.69) is 4.90 Å². The Bertz CT molecular complexity index is 402. The first-order valence-corrected chi connectivity index (χ1v) is 8.13. The molecule has 2 atom stereocenters. The van der Waals surface area contributed by atoms with Crippen molar-refractivity contribution >= 4 is 5.97 Å². The van der Waals surface area contributed by atoms with Gasteiger partial charge in [-0.05, 0) is 55.8 Å². The van der Waals surface area contributed by atoms with Gasteiger partial charge in [-0.25, -0.2) is 0 Å². The fourth-order valence-corrected chi connectivity index (χ4v) is 6.12. The van der Waals surface area contributed by atoms with Gasteiger partial charge in [-0.1, -0.05) is 0 Å². The summed E-state index contributed by atoms with van der Waals surface area (Å²) in [5.74, 6) is 0.833. The van der Waals surface area contributed by atoms with Crippen LogP contribution >= 0.6 is 0 Å². The molecule has 5 rings (SSSR count). The Morgan fingerprint density at radius 3 is 2.40 bits per heavy atom. The second-order valence-corrected chi connectivity index (χ2v) is 7.94. The third-order valence-electron chi connectivity index (χ3n) is 6.30. The van der Waals surface area contributed by atoms with Crippen LogP contribution in [0.5, 0.6) is 0 Å².